The monoisotopic (exact) mass is 363 g/mol. The highest BCUT2D eigenvalue weighted by Gasteiger charge is 2.18. The summed E-state index contributed by atoms with van der Waals surface area (Å²) in [5.41, 5.74) is 4.18. The van der Waals surface area contributed by atoms with Crippen LogP contribution in [0.5, 0.6) is 0 Å². The van der Waals surface area contributed by atoms with E-state index in [4.69, 9.17) is 4.74 Å². The molecule has 0 atom stereocenters. The Morgan fingerprint density at radius 1 is 1.22 bits per heavy atom. The topological polar surface area (TPSA) is 64.3 Å². The Morgan fingerprint density at radius 2 is 2.04 bits per heavy atom. The Labute approximate surface area is 159 Å². The zero-order valence-corrected chi connectivity index (χ0v) is 15.6. The first-order valence-corrected chi connectivity index (χ1v) is 9.57. The zero-order chi connectivity index (χ0) is 18.5. The van der Waals surface area contributed by atoms with E-state index in [-0.39, 0.29) is 0 Å². The molecule has 6 nitrogen and oxygen atoms in total. The Morgan fingerprint density at radius 3 is 2.81 bits per heavy atom. The summed E-state index contributed by atoms with van der Waals surface area (Å²) >= 11 is 0. The second-order valence-electron chi connectivity index (χ2n) is 6.77. The van der Waals surface area contributed by atoms with Crippen molar-refractivity contribution < 1.29 is 4.74 Å². The molecule has 3 aromatic rings. The molecular weight excluding hydrogens is 338 g/mol. The van der Waals surface area contributed by atoms with Crippen molar-refractivity contribution in [1.82, 2.24) is 14.8 Å². The van der Waals surface area contributed by atoms with Crippen LogP contribution in [0, 0.1) is 0 Å². The molecule has 1 aliphatic heterocycles. The minimum Gasteiger partial charge on any atom is -0.381 e. The average molecular weight is 363 g/mol. The first-order chi connectivity index (χ1) is 13.3. The molecule has 0 amide bonds. The summed E-state index contributed by atoms with van der Waals surface area (Å²) in [5.74, 6) is 0. The maximum absolute atomic E-state index is 5.50. The SMILES string of the molecule is CCn1ncc2c(NC3CCOCC3)c(C=NCc3ccccc3)cnc21. The third-order valence-corrected chi connectivity index (χ3v) is 4.91. The molecule has 0 radical (unpaired) electrons. The van der Waals surface area contributed by atoms with Gasteiger partial charge in [-0.2, -0.15) is 5.10 Å². The lowest BCUT2D eigenvalue weighted by Crippen LogP contribution is -2.28. The van der Waals surface area contributed by atoms with Gasteiger partial charge in [0.15, 0.2) is 5.65 Å². The number of hydrogen-bond donors (Lipinski definition) is 1. The number of aryl methyl sites for hydroxylation is 1. The number of aromatic nitrogens is 3. The van der Waals surface area contributed by atoms with Gasteiger partial charge in [0.1, 0.15) is 0 Å². The third-order valence-electron chi connectivity index (χ3n) is 4.91. The van der Waals surface area contributed by atoms with Gasteiger partial charge in [-0.15, -0.1) is 0 Å². The van der Waals surface area contributed by atoms with Crippen LogP contribution in [0.15, 0.2) is 47.7 Å². The molecular formula is C21H25N5O. The first-order valence-electron chi connectivity index (χ1n) is 9.57. The van der Waals surface area contributed by atoms with Crippen LogP contribution in [-0.4, -0.2) is 40.2 Å². The molecule has 0 saturated carbocycles. The normalized spacial score (nSPS) is 15.6. The number of ether oxygens (including phenoxy) is 1. The van der Waals surface area contributed by atoms with Gasteiger partial charge in [-0.3, -0.25) is 4.99 Å². The van der Waals surface area contributed by atoms with E-state index in [1.807, 2.05) is 41.5 Å². The van der Waals surface area contributed by atoms with Crippen LogP contribution in [0.1, 0.15) is 30.9 Å². The lowest BCUT2D eigenvalue weighted by molar-refractivity contribution is 0.0905. The summed E-state index contributed by atoms with van der Waals surface area (Å²) in [4.78, 5) is 9.28. The smallest absolute Gasteiger partial charge is 0.159 e. The van der Waals surface area contributed by atoms with Crippen molar-refractivity contribution in [2.24, 2.45) is 4.99 Å². The van der Waals surface area contributed by atoms with Crippen LogP contribution >= 0.6 is 0 Å². The van der Waals surface area contributed by atoms with Crippen molar-refractivity contribution >= 4 is 22.9 Å². The molecule has 1 saturated heterocycles. The number of aliphatic imine (C=N–C) groups is 1. The van der Waals surface area contributed by atoms with Gasteiger partial charge in [0.05, 0.1) is 23.8 Å². The van der Waals surface area contributed by atoms with Crippen LogP contribution in [0.2, 0.25) is 0 Å². The van der Waals surface area contributed by atoms with Gasteiger partial charge in [-0.1, -0.05) is 30.3 Å². The second-order valence-corrected chi connectivity index (χ2v) is 6.77. The molecule has 3 heterocycles. The Kier molecular flexibility index (Phi) is 5.44. The summed E-state index contributed by atoms with van der Waals surface area (Å²) in [6, 6.07) is 10.7. The average Bonchev–Trinajstić information content (AvgIpc) is 3.14. The fourth-order valence-corrected chi connectivity index (χ4v) is 3.41. The maximum Gasteiger partial charge on any atom is 0.159 e. The highest BCUT2D eigenvalue weighted by molar-refractivity contribution is 6.00. The molecule has 4 rings (SSSR count). The van der Waals surface area contributed by atoms with Gasteiger partial charge in [0.25, 0.3) is 0 Å². The number of fused-ring (bicyclic) bond motifs is 1. The van der Waals surface area contributed by atoms with Crippen LogP contribution in [0.4, 0.5) is 5.69 Å². The summed E-state index contributed by atoms with van der Waals surface area (Å²) < 4.78 is 7.42. The van der Waals surface area contributed by atoms with Gasteiger partial charge in [0.2, 0.25) is 0 Å². The van der Waals surface area contributed by atoms with E-state index >= 15 is 0 Å². The van der Waals surface area contributed by atoms with Crippen LogP contribution in [0.25, 0.3) is 11.0 Å². The second kappa shape index (κ2) is 8.31. The third kappa shape index (κ3) is 4.01. The molecule has 1 N–H and O–H groups in total. The number of anilines is 1. The molecule has 27 heavy (non-hydrogen) atoms. The molecule has 0 unspecified atom stereocenters. The molecule has 1 aromatic carbocycles. The minimum absolute atomic E-state index is 0.399. The van der Waals surface area contributed by atoms with Crippen LogP contribution in [0.3, 0.4) is 0 Å². The number of nitrogens with zero attached hydrogens (tertiary/aromatic N) is 4. The number of hydrogen-bond acceptors (Lipinski definition) is 5. The van der Waals surface area contributed by atoms with E-state index in [2.05, 4.69) is 39.4 Å². The lowest BCUT2D eigenvalue weighted by Gasteiger charge is -2.25. The number of pyridine rings is 1. The Hall–Kier alpha value is -2.73. The van der Waals surface area contributed by atoms with Crippen LogP contribution < -0.4 is 5.32 Å². The van der Waals surface area contributed by atoms with Gasteiger partial charge in [0, 0.05) is 43.8 Å². The molecule has 1 aliphatic rings. The standard InChI is InChI=1S/C21H25N5O/c1-2-26-21-19(15-24-26)20(25-18-8-10-27-11-9-18)17(14-23-21)13-22-12-16-6-4-3-5-7-16/h3-7,13-15,18H,2,8-12H2,1H3,(H,23,25). The summed E-state index contributed by atoms with van der Waals surface area (Å²) in [5, 5.41) is 9.24. The van der Waals surface area contributed by atoms with Crippen molar-refractivity contribution in [3.05, 3.63) is 53.9 Å². The Balaban J connectivity index is 1.64. The lowest BCUT2D eigenvalue weighted by atomic mass is 10.1. The highest BCUT2D eigenvalue weighted by atomic mass is 16.5. The van der Waals surface area contributed by atoms with Crippen molar-refractivity contribution in [2.45, 2.75) is 38.9 Å². The van der Waals surface area contributed by atoms with Crippen molar-refractivity contribution in [3.63, 3.8) is 0 Å². The zero-order valence-electron chi connectivity index (χ0n) is 15.6. The molecule has 6 heteroatoms. The molecule has 2 aromatic heterocycles. The first kappa shape index (κ1) is 17.7. The van der Waals surface area contributed by atoms with E-state index in [9.17, 15) is 0 Å². The number of nitrogens with one attached hydrogen (secondary N) is 1. The van der Waals surface area contributed by atoms with E-state index in [0.29, 0.717) is 12.6 Å². The quantitative estimate of drug-likeness (QED) is 0.679. The van der Waals surface area contributed by atoms with Gasteiger partial charge in [-0.05, 0) is 25.3 Å². The number of benzene rings is 1. The fourth-order valence-electron chi connectivity index (χ4n) is 3.41. The largest absolute Gasteiger partial charge is 0.381 e. The van der Waals surface area contributed by atoms with E-state index < -0.39 is 0 Å². The highest BCUT2D eigenvalue weighted by Crippen LogP contribution is 2.27. The maximum atomic E-state index is 5.50. The van der Waals surface area contributed by atoms with Crippen molar-refractivity contribution in [1.29, 1.82) is 0 Å². The van der Waals surface area contributed by atoms with Crippen molar-refractivity contribution in [2.75, 3.05) is 18.5 Å². The molecule has 0 aliphatic carbocycles. The van der Waals surface area contributed by atoms with Crippen LogP contribution in [-0.2, 0) is 17.8 Å². The van der Waals surface area contributed by atoms with Gasteiger partial charge in [-0.25, -0.2) is 9.67 Å². The van der Waals surface area contributed by atoms with E-state index in [1.54, 1.807) is 0 Å². The summed E-state index contributed by atoms with van der Waals surface area (Å²) in [6.45, 7) is 5.14. The van der Waals surface area contributed by atoms with Crippen molar-refractivity contribution in [3.8, 4) is 0 Å². The van der Waals surface area contributed by atoms with Gasteiger partial charge < -0.3 is 10.1 Å². The fraction of sp³-hybridized carbons (Fsp3) is 0.381. The Bertz CT molecular complexity index is 913. The predicted molar refractivity (Wildman–Crippen MR) is 108 cm³/mol. The number of rotatable bonds is 6. The predicted octanol–water partition coefficient (Wildman–Crippen LogP) is 3.66. The minimum atomic E-state index is 0.399. The summed E-state index contributed by atoms with van der Waals surface area (Å²) in [6.07, 6.45) is 7.73. The summed E-state index contributed by atoms with van der Waals surface area (Å²) in [7, 11) is 0. The van der Waals surface area contributed by atoms with E-state index in [1.165, 1.54) is 5.56 Å². The molecule has 0 spiro atoms. The molecule has 1 fully saturated rings. The molecule has 140 valence electrons. The van der Waals surface area contributed by atoms with Gasteiger partial charge >= 0.3 is 0 Å². The molecule has 0 bridgehead atoms. The van der Waals surface area contributed by atoms with E-state index in [0.717, 1.165) is 54.9 Å².